The Balaban J connectivity index is 1.93. The highest BCUT2D eigenvalue weighted by Gasteiger charge is 2.26. The van der Waals surface area contributed by atoms with Gasteiger partial charge in [0.15, 0.2) is 0 Å². The van der Waals surface area contributed by atoms with E-state index in [0.717, 1.165) is 5.79 Å². The van der Waals surface area contributed by atoms with Crippen LogP contribution in [0, 0.1) is 0 Å². The summed E-state index contributed by atoms with van der Waals surface area (Å²) >= 11 is 0. The van der Waals surface area contributed by atoms with Crippen molar-refractivity contribution in [1.29, 1.82) is 0 Å². The van der Waals surface area contributed by atoms with Crippen LogP contribution in [0.1, 0.15) is 38.5 Å². The molecule has 2 heterocycles. The van der Waals surface area contributed by atoms with Gasteiger partial charge in [-0.25, -0.2) is 0 Å². The molecule has 2 rings (SSSR count). The highest BCUT2D eigenvalue weighted by molar-refractivity contribution is 6.43. The molecule has 2 saturated heterocycles. The molecule has 0 saturated carbocycles. The van der Waals surface area contributed by atoms with Crippen molar-refractivity contribution in [1.82, 2.24) is 9.80 Å². The first-order valence-corrected chi connectivity index (χ1v) is 8.64. The quantitative estimate of drug-likeness (QED) is 0.686. The first-order chi connectivity index (χ1) is 7.92. The summed E-state index contributed by atoms with van der Waals surface area (Å²) < 4.78 is 0. The first kappa shape index (κ1) is 12.3. The second-order valence-corrected chi connectivity index (χ2v) is 6.98. The highest BCUT2D eigenvalue weighted by Crippen LogP contribution is 2.18. The molecular formula is C13H26N2Si. The van der Waals surface area contributed by atoms with Gasteiger partial charge in [-0.15, -0.1) is 12.3 Å². The molecule has 3 heteroatoms. The fraction of sp³-hybridized carbons (Fsp3) is 0.846. The van der Waals surface area contributed by atoms with Crippen molar-refractivity contribution in [2.75, 3.05) is 26.2 Å². The summed E-state index contributed by atoms with van der Waals surface area (Å²) in [6, 6.07) is 0. The molecule has 0 radical (unpaired) electrons. The van der Waals surface area contributed by atoms with Crippen LogP contribution in [0.5, 0.6) is 0 Å². The molecule has 16 heavy (non-hydrogen) atoms. The molecule has 2 aliphatic rings. The average Bonchev–Trinajstić information content (AvgIpc) is 2.38. The molecule has 0 bridgehead atoms. The Morgan fingerprint density at radius 1 is 0.812 bits per heavy atom. The van der Waals surface area contributed by atoms with Crippen LogP contribution in [0.2, 0.25) is 0 Å². The van der Waals surface area contributed by atoms with Gasteiger partial charge in [-0.1, -0.05) is 12.8 Å². The molecule has 2 nitrogen and oxygen atoms in total. The Hall–Kier alpha value is -0.123. The topological polar surface area (TPSA) is 6.48 Å². The predicted octanol–water partition coefficient (Wildman–Crippen LogP) is 1.55. The maximum atomic E-state index is 4.00. The minimum atomic E-state index is -0.138. The number of piperidine rings is 2. The van der Waals surface area contributed by atoms with E-state index >= 15 is 0 Å². The van der Waals surface area contributed by atoms with Crippen LogP contribution in [0.4, 0.5) is 0 Å². The Kier molecular flexibility index (Phi) is 5.07. The van der Waals surface area contributed by atoms with Gasteiger partial charge in [0.1, 0.15) is 0 Å². The largest absolute Gasteiger partial charge is 0.291 e. The summed E-state index contributed by atoms with van der Waals surface area (Å²) in [5.41, 5.74) is 2.24. The Morgan fingerprint density at radius 2 is 1.25 bits per heavy atom. The predicted molar refractivity (Wildman–Crippen MR) is 73.4 cm³/mol. The van der Waals surface area contributed by atoms with E-state index in [0.29, 0.717) is 0 Å². The third-order valence-electron chi connectivity index (χ3n) is 4.00. The number of hydrogen-bond acceptors (Lipinski definition) is 2. The summed E-state index contributed by atoms with van der Waals surface area (Å²) in [6.45, 7) is 9.34. The number of nitrogens with zero attached hydrogens (tertiary/aromatic N) is 2. The van der Waals surface area contributed by atoms with Crippen molar-refractivity contribution in [3.8, 4) is 0 Å². The summed E-state index contributed by atoms with van der Waals surface area (Å²) in [6.07, 6.45) is 8.54. The van der Waals surface area contributed by atoms with E-state index in [9.17, 15) is 0 Å². The molecule has 2 fully saturated rings. The molecule has 0 aliphatic carbocycles. The summed E-state index contributed by atoms with van der Waals surface area (Å²) in [5.74, 6) is 0.790. The molecular weight excluding hydrogens is 212 g/mol. The monoisotopic (exact) mass is 238 g/mol. The van der Waals surface area contributed by atoms with Gasteiger partial charge in [-0.2, -0.15) is 0 Å². The molecule has 0 aromatic heterocycles. The number of rotatable bonds is 4. The van der Waals surface area contributed by atoms with Crippen LogP contribution in [0.3, 0.4) is 0 Å². The smallest absolute Gasteiger partial charge is 0.0823 e. The number of hydrogen-bond donors (Lipinski definition) is 0. The zero-order valence-corrected chi connectivity index (χ0v) is 11.9. The van der Waals surface area contributed by atoms with E-state index in [1.165, 1.54) is 64.7 Å². The van der Waals surface area contributed by atoms with Crippen molar-refractivity contribution >= 4 is 9.52 Å². The zero-order chi connectivity index (χ0) is 11.2. The van der Waals surface area contributed by atoms with Crippen LogP contribution in [-0.4, -0.2) is 51.3 Å². The normalized spacial score (nSPS) is 25.6. The van der Waals surface area contributed by atoms with E-state index in [1.807, 2.05) is 0 Å². The van der Waals surface area contributed by atoms with E-state index in [-0.39, 0.29) is 9.52 Å². The van der Waals surface area contributed by atoms with Gasteiger partial charge in [-0.05, 0) is 51.9 Å². The lowest BCUT2D eigenvalue weighted by Gasteiger charge is -2.42. The maximum absolute atomic E-state index is 4.00. The van der Waals surface area contributed by atoms with E-state index < -0.39 is 0 Å². The second kappa shape index (κ2) is 6.57. The van der Waals surface area contributed by atoms with E-state index in [4.69, 9.17) is 0 Å². The van der Waals surface area contributed by atoms with E-state index in [1.54, 1.807) is 0 Å². The van der Waals surface area contributed by atoms with Crippen molar-refractivity contribution in [2.45, 2.75) is 44.3 Å². The van der Waals surface area contributed by atoms with Crippen molar-refractivity contribution in [3.63, 3.8) is 0 Å². The lowest BCUT2D eigenvalue weighted by atomic mass is 10.1. The van der Waals surface area contributed by atoms with Crippen LogP contribution in [0.15, 0.2) is 12.3 Å². The molecule has 0 N–H and O–H groups in total. The molecule has 0 amide bonds. The van der Waals surface area contributed by atoms with Crippen molar-refractivity contribution in [2.24, 2.45) is 0 Å². The van der Waals surface area contributed by atoms with Crippen molar-refractivity contribution < 1.29 is 0 Å². The van der Waals surface area contributed by atoms with Gasteiger partial charge in [0.05, 0.1) is 9.52 Å². The summed E-state index contributed by atoms with van der Waals surface area (Å²) in [5, 5.41) is 0. The van der Waals surface area contributed by atoms with Gasteiger partial charge in [0.2, 0.25) is 0 Å². The van der Waals surface area contributed by atoms with Gasteiger partial charge in [-0.3, -0.25) is 9.80 Å². The molecule has 0 aromatic rings. The Labute approximate surface area is 103 Å². The molecule has 0 spiro atoms. The zero-order valence-electron chi connectivity index (χ0n) is 10.5. The highest BCUT2D eigenvalue weighted by atomic mass is 28.2. The average molecular weight is 238 g/mol. The van der Waals surface area contributed by atoms with Gasteiger partial charge in [0, 0.05) is 5.79 Å². The standard InChI is InChI=1S/C13H26N2Si/c1-2-16-13(14-9-5-3-6-10-14)15-11-7-4-8-12-15/h2,13H,1,3-12,16H2. The number of likely N-dealkylation sites (tertiary alicyclic amines) is 2. The van der Waals surface area contributed by atoms with Crippen LogP contribution in [-0.2, 0) is 0 Å². The fourth-order valence-electron chi connectivity index (χ4n) is 3.11. The minimum absolute atomic E-state index is 0.138. The van der Waals surface area contributed by atoms with Crippen molar-refractivity contribution in [3.05, 3.63) is 12.3 Å². The molecule has 2 aliphatic heterocycles. The lowest BCUT2D eigenvalue weighted by molar-refractivity contribution is 0.0669. The summed E-state index contributed by atoms with van der Waals surface area (Å²) in [4.78, 5) is 5.51. The van der Waals surface area contributed by atoms with Crippen LogP contribution in [0.25, 0.3) is 0 Å². The minimum Gasteiger partial charge on any atom is -0.291 e. The lowest BCUT2D eigenvalue weighted by Crippen LogP contribution is -2.54. The molecule has 0 aromatic carbocycles. The maximum Gasteiger partial charge on any atom is 0.0823 e. The Bertz CT molecular complexity index is 190. The van der Waals surface area contributed by atoms with E-state index in [2.05, 4.69) is 22.1 Å². The SMILES string of the molecule is C=C[SiH2]C(N1CCCCC1)N1CCCCC1. The third kappa shape index (κ3) is 3.19. The van der Waals surface area contributed by atoms with Crippen LogP contribution < -0.4 is 0 Å². The molecule has 92 valence electrons. The van der Waals surface area contributed by atoms with Gasteiger partial charge >= 0.3 is 0 Å². The molecule has 0 unspecified atom stereocenters. The van der Waals surface area contributed by atoms with Gasteiger partial charge < -0.3 is 0 Å². The van der Waals surface area contributed by atoms with Crippen LogP contribution >= 0.6 is 0 Å². The van der Waals surface area contributed by atoms with Gasteiger partial charge in [0.25, 0.3) is 0 Å². The second-order valence-electron chi connectivity index (χ2n) is 5.20. The summed E-state index contributed by atoms with van der Waals surface area (Å²) in [7, 11) is -0.138. The first-order valence-electron chi connectivity index (χ1n) is 7.01. The fourth-order valence-corrected chi connectivity index (χ4v) is 4.74. The third-order valence-corrected chi connectivity index (χ3v) is 5.79. The molecule has 0 atom stereocenters. The Morgan fingerprint density at radius 3 is 1.62 bits per heavy atom.